The number of aromatic hydroxyl groups is 1. The predicted molar refractivity (Wildman–Crippen MR) is 46.4 cm³/mol. The predicted octanol–water partition coefficient (Wildman–Crippen LogP) is 2.36. The smallest absolute Gasteiger partial charge is 0.173 e. The first kappa shape index (κ1) is 7.92. The fourth-order valence-corrected chi connectivity index (χ4v) is 1.97. The third kappa shape index (κ3) is 1.18. The van der Waals surface area contributed by atoms with Gasteiger partial charge in [-0.3, -0.25) is 0 Å². The fourth-order valence-electron chi connectivity index (χ4n) is 1.74. The van der Waals surface area contributed by atoms with Gasteiger partial charge in [-0.15, -0.1) is 0 Å². The molecular weight excluding hydrogens is 176 g/mol. The Bertz CT molecular complexity index is 279. The maximum Gasteiger partial charge on any atom is 0.173 e. The standard InChI is InChI=1S/C8H11ClN2O/c9-8-7(12)5-10-11(8)6-3-1-2-4-6/h5-6,12H,1-4H2. The van der Waals surface area contributed by atoms with Crippen molar-refractivity contribution >= 4 is 11.6 Å². The van der Waals surface area contributed by atoms with Gasteiger partial charge in [0, 0.05) is 0 Å². The first-order valence-corrected chi connectivity index (χ1v) is 4.59. The van der Waals surface area contributed by atoms with Gasteiger partial charge in [0.2, 0.25) is 0 Å². The van der Waals surface area contributed by atoms with E-state index in [1.54, 1.807) is 4.68 Å². The van der Waals surface area contributed by atoms with E-state index in [1.807, 2.05) is 0 Å². The van der Waals surface area contributed by atoms with Crippen LogP contribution in [0.3, 0.4) is 0 Å². The van der Waals surface area contributed by atoms with Gasteiger partial charge in [0.25, 0.3) is 0 Å². The minimum absolute atomic E-state index is 0.0866. The number of nitrogens with zero attached hydrogens (tertiary/aromatic N) is 2. The van der Waals surface area contributed by atoms with Crippen LogP contribution in [-0.4, -0.2) is 14.9 Å². The van der Waals surface area contributed by atoms with Crippen LogP contribution in [0.5, 0.6) is 5.75 Å². The van der Waals surface area contributed by atoms with Crippen molar-refractivity contribution in [3.8, 4) is 5.75 Å². The molecule has 0 amide bonds. The van der Waals surface area contributed by atoms with E-state index in [0.717, 1.165) is 12.8 Å². The SMILES string of the molecule is Oc1cnn(C2CCCC2)c1Cl. The zero-order valence-electron chi connectivity index (χ0n) is 6.70. The highest BCUT2D eigenvalue weighted by Gasteiger charge is 2.20. The summed E-state index contributed by atoms with van der Waals surface area (Å²) in [7, 11) is 0. The largest absolute Gasteiger partial charge is 0.504 e. The summed E-state index contributed by atoms with van der Waals surface area (Å²) in [6, 6.07) is 0.401. The molecule has 1 aliphatic carbocycles. The van der Waals surface area contributed by atoms with Crippen molar-refractivity contribution in [1.82, 2.24) is 9.78 Å². The van der Waals surface area contributed by atoms with Gasteiger partial charge in [-0.1, -0.05) is 24.4 Å². The van der Waals surface area contributed by atoms with Crippen molar-refractivity contribution in [2.24, 2.45) is 0 Å². The van der Waals surface area contributed by atoms with Gasteiger partial charge in [0.05, 0.1) is 12.2 Å². The van der Waals surface area contributed by atoms with Crippen molar-refractivity contribution in [3.05, 3.63) is 11.3 Å². The molecule has 66 valence electrons. The molecule has 12 heavy (non-hydrogen) atoms. The quantitative estimate of drug-likeness (QED) is 0.731. The zero-order valence-corrected chi connectivity index (χ0v) is 7.46. The Labute approximate surface area is 76.0 Å². The molecule has 1 aromatic heterocycles. The highest BCUT2D eigenvalue weighted by molar-refractivity contribution is 6.30. The molecule has 1 heterocycles. The monoisotopic (exact) mass is 186 g/mol. The molecule has 2 rings (SSSR count). The van der Waals surface area contributed by atoms with E-state index < -0.39 is 0 Å². The molecule has 0 saturated heterocycles. The lowest BCUT2D eigenvalue weighted by Crippen LogP contribution is -2.05. The van der Waals surface area contributed by atoms with Crippen LogP contribution in [0.25, 0.3) is 0 Å². The minimum atomic E-state index is 0.0866. The molecule has 1 saturated carbocycles. The first-order chi connectivity index (χ1) is 5.79. The van der Waals surface area contributed by atoms with Crippen LogP contribution in [0.15, 0.2) is 6.20 Å². The van der Waals surface area contributed by atoms with Crippen molar-refractivity contribution < 1.29 is 5.11 Å². The van der Waals surface area contributed by atoms with Gasteiger partial charge in [-0.2, -0.15) is 5.10 Å². The van der Waals surface area contributed by atoms with Crippen LogP contribution in [0.4, 0.5) is 0 Å². The molecule has 0 spiro atoms. The van der Waals surface area contributed by atoms with Crippen LogP contribution in [-0.2, 0) is 0 Å². The summed E-state index contributed by atoms with van der Waals surface area (Å²) in [4.78, 5) is 0. The number of halogens is 1. The van der Waals surface area contributed by atoms with E-state index in [-0.39, 0.29) is 5.75 Å². The van der Waals surface area contributed by atoms with Gasteiger partial charge < -0.3 is 5.11 Å². The maximum atomic E-state index is 9.19. The normalized spacial score (nSPS) is 18.8. The summed E-state index contributed by atoms with van der Waals surface area (Å²) in [5, 5.41) is 13.6. The molecule has 0 radical (unpaired) electrons. The summed E-state index contributed by atoms with van der Waals surface area (Å²) in [5.74, 6) is 0.0866. The van der Waals surface area contributed by atoms with Crippen LogP contribution in [0, 0.1) is 0 Å². The second kappa shape index (κ2) is 2.98. The highest BCUT2D eigenvalue weighted by atomic mass is 35.5. The van der Waals surface area contributed by atoms with Gasteiger partial charge in [-0.25, -0.2) is 4.68 Å². The minimum Gasteiger partial charge on any atom is -0.504 e. The second-order valence-electron chi connectivity index (χ2n) is 3.20. The Kier molecular flexibility index (Phi) is 1.97. The van der Waals surface area contributed by atoms with Crippen molar-refractivity contribution in [2.45, 2.75) is 31.7 Å². The molecule has 3 nitrogen and oxygen atoms in total. The van der Waals surface area contributed by atoms with E-state index in [9.17, 15) is 5.11 Å². The molecule has 1 fully saturated rings. The van der Waals surface area contributed by atoms with Gasteiger partial charge in [0.15, 0.2) is 10.9 Å². The Morgan fingerprint density at radius 2 is 2.17 bits per heavy atom. The van der Waals surface area contributed by atoms with Crippen LogP contribution >= 0.6 is 11.6 Å². The molecule has 1 aliphatic rings. The van der Waals surface area contributed by atoms with Crippen molar-refractivity contribution in [2.75, 3.05) is 0 Å². The lowest BCUT2D eigenvalue weighted by Gasteiger charge is -2.09. The molecule has 4 heteroatoms. The molecular formula is C8H11ClN2O. The van der Waals surface area contributed by atoms with Crippen LogP contribution in [0.1, 0.15) is 31.7 Å². The third-order valence-corrected chi connectivity index (χ3v) is 2.75. The van der Waals surface area contributed by atoms with E-state index >= 15 is 0 Å². The van der Waals surface area contributed by atoms with Crippen LogP contribution in [0.2, 0.25) is 5.15 Å². The van der Waals surface area contributed by atoms with Crippen LogP contribution < -0.4 is 0 Å². The van der Waals surface area contributed by atoms with E-state index in [4.69, 9.17) is 11.6 Å². The molecule has 0 aromatic carbocycles. The summed E-state index contributed by atoms with van der Waals surface area (Å²) in [6.45, 7) is 0. The summed E-state index contributed by atoms with van der Waals surface area (Å²) >= 11 is 5.84. The fraction of sp³-hybridized carbons (Fsp3) is 0.625. The Morgan fingerprint density at radius 1 is 1.50 bits per heavy atom. The molecule has 0 atom stereocenters. The molecule has 1 aromatic rings. The average molecular weight is 187 g/mol. The number of hydrogen-bond acceptors (Lipinski definition) is 2. The maximum absolute atomic E-state index is 9.19. The lowest BCUT2D eigenvalue weighted by atomic mass is 10.3. The molecule has 1 N–H and O–H groups in total. The Balaban J connectivity index is 2.26. The topological polar surface area (TPSA) is 38.1 Å². The zero-order chi connectivity index (χ0) is 8.55. The lowest BCUT2D eigenvalue weighted by molar-refractivity contribution is 0.453. The summed E-state index contributed by atoms with van der Waals surface area (Å²) < 4.78 is 1.73. The van der Waals surface area contributed by atoms with Gasteiger partial charge >= 0.3 is 0 Å². The van der Waals surface area contributed by atoms with Gasteiger partial charge in [-0.05, 0) is 12.8 Å². The molecule has 0 unspecified atom stereocenters. The second-order valence-corrected chi connectivity index (χ2v) is 3.56. The summed E-state index contributed by atoms with van der Waals surface area (Å²) in [6.07, 6.45) is 6.13. The summed E-state index contributed by atoms with van der Waals surface area (Å²) in [5.41, 5.74) is 0. The number of hydrogen-bond donors (Lipinski definition) is 1. The number of aromatic nitrogens is 2. The Morgan fingerprint density at radius 3 is 2.67 bits per heavy atom. The highest BCUT2D eigenvalue weighted by Crippen LogP contribution is 2.34. The molecule has 0 bridgehead atoms. The van der Waals surface area contributed by atoms with Crippen molar-refractivity contribution in [3.63, 3.8) is 0 Å². The van der Waals surface area contributed by atoms with E-state index in [1.165, 1.54) is 19.0 Å². The van der Waals surface area contributed by atoms with E-state index in [0.29, 0.717) is 11.2 Å². The third-order valence-electron chi connectivity index (χ3n) is 2.39. The Hall–Kier alpha value is -0.700. The van der Waals surface area contributed by atoms with E-state index in [2.05, 4.69) is 5.10 Å². The first-order valence-electron chi connectivity index (χ1n) is 4.21. The van der Waals surface area contributed by atoms with Crippen molar-refractivity contribution in [1.29, 1.82) is 0 Å². The molecule has 0 aliphatic heterocycles. The number of rotatable bonds is 1. The average Bonchev–Trinajstić information content (AvgIpc) is 2.64. The van der Waals surface area contributed by atoms with Gasteiger partial charge in [0.1, 0.15) is 0 Å².